The molecule has 8 heteroatoms. The molecule has 1 amide bonds. The Morgan fingerprint density at radius 3 is 2.51 bits per heavy atom. The number of nitrogens with zero attached hydrogens (tertiary/aromatic N) is 2. The third-order valence-electron chi connectivity index (χ3n) is 6.71. The van der Waals surface area contributed by atoms with E-state index in [-0.39, 0.29) is 41.7 Å². The minimum atomic E-state index is -3.92. The molecule has 4 aromatic rings. The van der Waals surface area contributed by atoms with Crippen molar-refractivity contribution in [3.8, 4) is 0 Å². The van der Waals surface area contributed by atoms with Crippen LogP contribution >= 0.6 is 11.3 Å². The van der Waals surface area contributed by atoms with Gasteiger partial charge >= 0.3 is 0 Å². The van der Waals surface area contributed by atoms with Gasteiger partial charge in [0, 0.05) is 18.0 Å². The fourth-order valence-electron chi connectivity index (χ4n) is 4.96. The summed E-state index contributed by atoms with van der Waals surface area (Å²) >= 11 is 1.65. The van der Waals surface area contributed by atoms with Crippen LogP contribution in [0.2, 0.25) is 0 Å². The van der Waals surface area contributed by atoms with E-state index in [4.69, 9.17) is 0 Å². The molecule has 1 aliphatic heterocycles. The van der Waals surface area contributed by atoms with Gasteiger partial charge in [0.25, 0.3) is 0 Å². The number of amides is 1. The average Bonchev–Trinajstić information content (AvgIpc) is 3.37. The quantitative estimate of drug-likeness (QED) is 0.297. The molecule has 0 saturated carbocycles. The highest BCUT2D eigenvalue weighted by Gasteiger charge is 2.36. The van der Waals surface area contributed by atoms with E-state index in [1.165, 1.54) is 21.3 Å². The lowest BCUT2D eigenvalue weighted by Gasteiger charge is -2.37. The molecule has 37 heavy (non-hydrogen) atoms. The number of benzene rings is 3. The number of halogens is 1. The van der Waals surface area contributed by atoms with Crippen LogP contribution in [0.25, 0.3) is 10.8 Å². The van der Waals surface area contributed by atoms with Crippen molar-refractivity contribution in [2.24, 2.45) is 5.92 Å². The van der Waals surface area contributed by atoms with Crippen LogP contribution < -0.4 is 0 Å². The molecule has 3 aromatic carbocycles. The normalized spacial score (nSPS) is 15.9. The Morgan fingerprint density at radius 1 is 1.05 bits per heavy atom. The summed E-state index contributed by atoms with van der Waals surface area (Å²) in [4.78, 5) is 16.9. The van der Waals surface area contributed by atoms with Crippen LogP contribution in [0, 0.1) is 11.7 Å². The Labute approximate surface area is 221 Å². The molecular weight excluding hydrogens is 507 g/mol. The van der Waals surface area contributed by atoms with Gasteiger partial charge in [-0.2, -0.15) is 4.31 Å². The molecule has 5 nitrogen and oxygen atoms in total. The highest BCUT2D eigenvalue weighted by molar-refractivity contribution is 7.89. The second-order valence-electron chi connectivity index (χ2n) is 9.79. The molecule has 0 aliphatic carbocycles. The smallest absolute Gasteiger partial charge is 0.243 e. The molecule has 1 unspecified atom stereocenters. The SMILES string of the molecule is CC(C)CN(CC(=O)N1CCc2sccc2C1c1ccc(F)cc1)S(=O)(=O)c1ccc2ccccc2c1. The second kappa shape index (κ2) is 10.4. The molecule has 0 fully saturated rings. The van der Waals surface area contributed by atoms with Gasteiger partial charge in [0.2, 0.25) is 15.9 Å². The molecular formula is C29H29FN2O3S2. The fraction of sp³-hybridized carbons (Fsp3) is 0.276. The minimum absolute atomic E-state index is 0.0285. The van der Waals surface area contributed by atoms with Crippen LogP contribution in [0.3, 0.4) is 0 Å². The van der Waals surface area contributed by atoms with Gasteiger partial charge in [-0.1, -0.05) is 56.3 Å². The maximum atomic E-state index is 13.8. The first kappa shape index (κ1) is 25.6. The van der Waals surface area contributed by atoms with E-state index in [1.807, 2.05) is 49.6 Å². The fourth-order valence-corrected chi connectivity index (χ4v) is 7.46. The van der Waals surface area contributed by atoms with E-state index >= 15 is 0 Å². The van der Waals surface area contributed by atoms with Crippen molar-refractivity contribution in [1.82, 2.24) is 9.21 Å². The standard InChI is InChI=1S/C29H29FN2O3S2/c1-20(2)18-31(37(34,35)25-12-9-21-5-3-4-6-23(21)17-25)19-28(33)32-15-13-27-26(14-16-36-27)29(32)22-7-10-24(30)11-8-22/h3-12,14,16-17,20,29H,13,15,18-19H2,1-2H3. The van der Waals surface area contributed by atoms with Crippen molar-refractivity contribution >= 4 is 38.0 Å². The molecule has 1 atom stereocenters. The Hall–Kier alpha value is -3.07. The van der Waals surface area contributed by atoms with E-state index in [2.05, 4.69) is 0 Å². The lowest BCUT2D eigenvalue weighted by Crippen LogP contribution is -2.47. The van der Waals surface area contributed by atoms with E-state index in [0.717, 1.165) is 21.9 Å². The van der Waals surface area contributed by atoms with E-state index in [1.54, 1.807) is 46.6 Å². The number of carbonyl (C=O) groups excluding carboxylic acids is 1. The zero-order chi connectivity index (χ0) is 26.2. The van der Waals surface area contributed by atoms with Gasteiger partial charge in [-0.25, -0.2) is 12.8 Å². The Kier molecular flexibility index (Phi) is 7.16. The predicted octanol–water partition coefficient (Wildman–Crippen LogP) is 5.86. The third kappa shape index (κ3) is 5.19. The zero-order valence-corrected chi connectivity index (χ0v) is 22.4. The van der Waals surface area contributed by atoms with Gasteiger partial charge in [-0.15, -0.1) is 11.3 Å². The third-order valence-corrected chi connectivity index (χ3v) is 9.52. The van der Waals surface area contributed by atoms with Crippen molar-refractivity contribution < 1.29 is 17.6 Å². The van der Waals surface area contributed by atoms with E-state index < -0.39 is 10.0 Å². The number of thiophene rings is 1. The average molecular weight is 537 g/mol. The van der Waals surface area contributed by atoms with Crippen LogP contribution in [0.15, 0.2) is 83.1 Å². The highest BCUT2D eigenvalue weighted by Crippen LogP contribution is 2.38. The number of sulfonamides is 1. The Balaban J connectivity index is 1.48. The predicted molar refractivity (Wildman–Crippen MR) is 146 cm³/mol. The van der Waals surface area contributed by atoms with Gasteiger partial charge in [-0.05, 0) is 69.9 Å². The summed E-state index contributed by atoms with van der Waals surface area (Å²) in [5, 5.41) is 3.79. The van der Waals surface area contributed by atoms with Crippen molar-refractivity contribution in [3.05, 3.63) is 100.0 Å². The monoisotopic (exact) mass is 536 g/mol. The van der Waals surface area contributed by atoms with Crippen molar-refractivity contribution in [1.29, 1.82) is 0 Å². The minimum Gasteiger partial charge on any atom is -0.330 e. The molecule has 2 heterocycles. The van der Waals surface area contributed by atoms with Crippen LogP contribution in [-0.2, 0) is 21.2 Å². The summed E-state index contributed by atoms with van der Waals surface area (Å²) in [7, 11) is -3.92. The first-order chi connectivity index (χ1) is 17.7. The van der Waals surface area contributed by atoms with Gasteiger partial charge < -0.3 is 4.90 Å². The van der Waals surface area contributed by atoms with Crippen molar-refractivity contribution in [2.75, 3.05) is 19.6 Å². The summed E-state index contributed by atoms with van der Waals surface area (Å²) < 4.78 is 42.6. The lowest BCUT2D eigenvalue weighted by molar-refractivity contribution is -0.133. The highest BCUT2D eigenvalue weighted by atomic mass is 32.2. The summed E-state index contributed by atoms with van der Waals surface area (Å²) in [5.41, 5.74) is 1.82. The van der Waals surface area contributed by atoms with Crippen LogP contribution in [0.4, 0.5) is 4.39 Å². The number of fused-ring (bicyclic) bond motifs is 2. The summed E-state index contributed by atoms with van der Waals surface area (Å²) in [6.45, 7) is 4.31. The topological polar surface area (TPSA) is 57.7 Å². The Morgan fingerprint density at radius 2 is 1.78 bits per heavy atom. The molecule has 0 spiro atoms. The molecule has 192 valence electrons. The van der Waals surface area contributed by atoms with Gasteiger partial charge in [0.15, 0.2) is 0 Å². The summed E-state index contributed by atoms with van der Waals surface area (Å²) in [5.74, 6) is -0.579. The van der Waals surface area contributed by atoms with Crippen LogP contribution in [0.1, 0.15) is 35.9 Å². The molecule has 0 radical (unpaired) electrons. The maximum Gasteiger partial charge on any atom is 0.243 e. The molecule has 1 aliphatic rings. The first-order valence-corrected chi connectivity index (χ1v) is 14.7. The van der Waals surface area contributed by atoms with Gasteiger partial charge in [0.05, 0.1) is 17.5 Å². The molecule has 1 aromatic heterocycles. The number of hydrogen-bond donors (Lipinski definition) is 0. The number of hydrogen-bond acceptors (Lipinski definition) is 4. The van der Waals surface area contributed by atoms with E-state index in [0.29, 0.717) is 13.0 Å². The Bertz CT molecular complexity index is 1530. The zero-order valence-electron chi connectivity index (χ0n) is 20.8. The molecule has 5 rings (SSSR count). The second-order valence-corrected chi connectivity index (χ2v) is 12.7. The van der Waals surface area contributed by atoms with Crippen molar-refractivity contribution in [2.45, 2.75) is 31.2 Å². The number of rotatable bonds is 7. The van der Waals surface area contributed by atoms with Gasteiger partial charge in [0.1, 0.15) is 5.82 Å². The van der Waals surface area contributed by atoms with E-state index in [9.17, 15) is 17.6 Å². The largest absolute Gasteiger partial charge is 0.330 e. The summed E-state index contributed by atoms with van der Waals surface area (Å²) in [6, 6.07) is 20.5. The maximum absolute atomic E-state index is 13.8. The first-order valence-electron chi connectivity index (χ1n) is 12.3. The van der Waals surface area contributed by atoms with Crippen molar-refractivity contribution in [3.63, 3.8) is 0 Å². The number of carbonyl (C=O) groups is 1. The molecule has 0 saturated heterocycles. The van der Waals surface area contributed by atoms with Crippen LogP contribution in [0.5, 0.6) is 0 Å². The van der Waals surface area contributed by atoms with Crippen LogP contribution in [-0.4, -0.2) is 43.2 Å². The molecule has 0 N–H and O–H groups in total. The summed E-state index contributed by atoms with van der Waals surface area (Å²) in [6.07, 6.45) is 0.706. The lowest BCUT2D eigenvalue weighted by atomic mass is 9.93. The molecule has 0 bridgehead atoms. The van der Waals surface area contributed by atoms with Gasteiger partial charge in [-0.3, -0.25) is 4.79 Å².